The zero-order valence-electron chi connectivity index (χ0n) is 15.0. The van der Waals surface area contributed by atoms with Crippen LogP contribution in [0.25, 0.3) is 5.69 Å². The number of amides is 1. The molecule has 0 aliphatic rings. The molecule has 0 spiro atoms. The zero-order valence-corrected chi connectivity index (χ0v) is 15.8. The van der Waals surface area contributed by atoms with Gasteiger partial charge < -0.3 is 14.6 Å². The van der Waals surface area contributed by atoms with Crippen LogP contribution in [0, 0.1) is 6.92 Å². The number of aryl methyl sites for hydroxylation is 1. The first-order valence-electron chi connectivity index (χ1n) is 8.54. The van der Waals surface area contributed by atoms with E-state index in [-0.39, 0.29) is 18.2 Å². The molecule has 28 heavy (non-hydrogen) atoms. The lowest BCUT2D eigenvalue weighted by Crippen LogP contribution is -2.22. The first-order chi connectivity index (χ1) is 13.7. The zero-order chi connectivity index (χ0) is 19.3. The topological polar surface area (TPSA) is 95.1 Å². The first kappa shape index (κ1) is 17.9. The fraction of sp³-hybridized carbons (Fsp3) is 0.158. The third-order valence-electron chi connectivity index (χ3n) is 3.91. The smallest absolute Gasteiger partial charge is 0.273 e. The van der Waals surface area contributed by atoms with Crippen LogP contribution in [0.2, 0.25) is 0 Å². The van der Waals surface area contributed by atoms with Gasteiger partial charge in [-0.15, -0.1) is 11.3 Å². The van der Waals surface area contributed by atoms with E-state index in [1.165, 1.54) is 11.2 Å². The van der Waals surface area contributed by atoms with E-state index in [1.807, 2.05) is 43.3 Å². The van der Waals surface area contributed by atoms with Gasteiger partial charge in [0.05, 0.1) is 12.2 Å². The average molecular weight is 395 g/mol. The molecule has 3 aromatic heterocycles. The van der Waals surface area contributed by atoms with Crippen molar-refractivity contribution in [3.63, 3.8) is 0 Å². The molecule has 0 aliphatic heterocycles. The Morgan fingerprint density at radius 2 is 2.11 bits per heavy atom. The number of rotatable bonds is 7. The van der Waals surface area contributed by atoms with Crippen molar-refractivity contribution < 1.29 is 14.1 Å². The number of thiophene rings is 1. The van der Waals surface area contributed by atoms with E-state index in [0.717, 1.165) is 10.6 Å². The van der Waals surface area contributed by atoms with Crippen molar-refractivity contribution in [3.05, 3.63) is 76.3 Å². The highest BCUT2D eigenvalue weighted by atomic mass is 32.1. The highest BCUT2D eigenvalue weighted by molar-refractivity contribution is 7.11. The number of nitrogens with one attached hydrogen (secondary N) is 1. The fourth-order valence-electron chi connectivity index (χ4n) is 2.52. The summed E-state index contributed by atoms with van der Waals surface area (Å²) in [7, 11) is 0. The molecule has 9 heteroatoms. The molecule has 0 radical (unpaired) electrons. The van der Waals surface area contributed by atoms with Crippen LogP contribution in [-0.2, 0) is 13.2 Å². The van der Waals surface area contributed by atoms with Crippen molar-refractivity contribution in [2.75, 3.05) is 0 Å². The van der Waals surface area contributed by atoms with Crippen LogP contribution in [0.15, 0.2) is 59.6 Å². The molecule has 0 aliphatic carbocycles. The third-order valence-corrected chi connectivity index (χ3v) is 4.91. The van der Waals surface area contributed by atoms with E-state index >= 15 is 0 Å². The molecule has 3 heterocycles. The number of carbonyl (C=O) groups is 1. The number of ether oxygens (including phenoxy) is 1. The fourth-order valence-corrected chi connectivity index (χ4v) is 3.35. The summed E-state index contributed by atoms with van der Waals surface area (Å²) in [6.45, 7) is 2.67. The van der Waals surface area contributed by atoms with E-state index in [1.54, 1.807) is 28.4 Å². The van der Waals surface area contributed by atoms with Gasteiger partial charge in [-0.1, -0.05) is 5.16 Å². The summed E-state index contributed by atoms with van der Waals surface area (Å²) in [5.74, 6) is 0.857. The van der Waals surface area contributed by atoms with E-state index < -0.39 is 0 Å². The number of nitrogens with zero attached hydrogens (tertiary/aromatic N) is 4. The minimum atomic E-state index is -0.279. The maximum absolute atomic E-state index is 12.2. The number of aromatic nitrogens is 4. The lowest BCUT2D eigenvalue weighted by molar-refractivity contribution is 0.0942. The lowest BCUT2D eigenvalue weighted by atomic mass is 10.3. The largest absolute Gasteiger partial charge is 0.486 e. The average Bonchev–Trinajstić information content (AvgIpc) is 3.47. The van der Waals surface area contributed by atoms with Gasteiger partial charge in [0, 0.05) is 15.8 Å². The SMILES string of the molecule is Cc1ccc(CNC(=O)c2cc(COc3ccc(-n4cncn4)cc3)on2)s1. The monoisotopic (exact) mass is 395 g/mol. The Hall–Kier alpha value is -3.46. The molecule has 0 fully saturated rings. The van der Waals surface area contributed by atoms with E-state index in [0.29, 0.717) is 18.1 Å². The Bertz CT molecular complexity index is 1050. The Morgan fingerprint density at radius 3 is 2.82 bits per heavy atom. The van der Waals surface area contributed by atoms with Gasteiger partial charge >= 0.3 is 0 Å². The highest BCUT2D eigenvalue weighted by Gasteiger charge is 2.13. The third kappa shape index (κ3) is 4.26. The highest BCUT2D eigenvalue weighted by Crippen LogP contribution is 2.17. The molecule has 1 N–H and O–H groups in total. The van der Waals surface area contributed by atoms with Crippen LogP contribution in [0.4, 0.5) is 0 Å². The summed E-state index contributed by atoms with van der Waals surface area (Å²) in [4.78, 5) is 18.4. The second-order valence-electron chi connectivity index (χ2n) is 6.00. The van der Waals surface area contributed by atoms with Crippen molar-refractivity contribution in [3.8, 4) is 11.4 Å². The molecule has 4 aromatic rings. The van der Waals surface area contributed by atoms with Gasteiger partial charge in [-0.2, -0.15) is 5.10 Å². The van der Waals surface area contributed by atoms with Crippen LogP contribution < -0.4 is 10.1 Å². The molecular formula is C19H17N5O3S. The lowest BCUT2D eigenvalue weighted by Gasteiger charge is -2.05. The van der Waals surface area contributed by atoms with Crippen molar-refractivity contribution in [2.45, 2.75) is 20.1 Å². The molecule has 8 nitrogen and oxygen atoms in total. The van der Waals surface area contributed by atoms with Crippen molar-refractivity contribution in [1.29, 1.82) is 0 Å². The van der Waals surface area contributed by atoms with Crippen molar-refractivity contribution >= 4 is 17.2 Å². The summed E-state index contributed by atoms with van der Waals surface area (Å²) in [5, 5.41) is 10.7. The molecule has 1 amide bonds. The van der Waals surface area contributed by atoms with Crippen molar-refractivity contribution in [1.82, 2.24) is 25.2 Å². The number of benzene rings is 1. The van der Waals surface area contributed by atoms with Crippen LogP contribution in [0.1, 0.15) is 26.0 Å². The van der Waals surface area contributed by atoms with E-state index in [9.17, 15) is 4.79 Å². The summed E-state index contributed by atoms with van der Waals surface area (Å²) in [6, 6.07) is 13.0. The summed E-state index contributed by atoms with van der Waals surface area (Å²) in [5.41, 5.74) is 1.11. The van der Waals surface area contributed by atoms with Crippen LogP contribution in [0.5, 0.6) is 5.75 Å². The minimum Gasteiger partial charge on any atom is -0.486 e. The summed E-state index contributed by atoms with van der Waals surface area (Å²) >= 11 is 1.65. The molecule has 4 rings (SSSR count). The molecule has 0 saturated carbocycles. The van der Waals surface area contributed by atoms with Crippen LogP contribution >= 0.6 is 11.3 Å². The molecule has 0 atom stereocenters. The minimum absolute atomic E-state index is 0.174. The molecule has 0 saturated heterocycles. The summed E-state index contributed by atoms with van der Waals surface area (Å²) in [6.07, 6.45) is 3.10. The van der Waals surface area contributed by atoms with Crippen LogP contribution in [-0.4, -0.2) is 25.8 Å². The second-order valence-corrected chi connectivity index (χ2v) is 7.37. The van der Waals surface area contributed by atoms with Gasteiger partial charge in [-0.25, -0.2) is 9.67 Å². The second kappa shape index (κ2) is 8.05. The number of hydrogen-bond acceptors (Lipinski definition) is 7. The number of carbonyl (C=O) groups excluding carboxylic acids is 1. The Balaban J connectivity index is 1.30. The van der Waals surface area contributed by atoms with Gasteiger partial charge in [-0.05, 0) is 43.3 Å². The van der Waals surface area contributed by atoms with Crippen molar-refractivity contribution in [2.24, 2.45) is 0 Å². The first-order valence-corrected chi connectivity index (χ1v) is 9.36. The normalized spacial score (nSPS) is 10.8. The molecular weight excluding hydrogens is 378 g/mol. The van der Waals surface area contributed by atoms with E-state index in [4.69, 9.17) is 9.26 Å². The van der Waals surface area contributed by atoms with Gasteiger partial charge in [0.15, 0.2) is 11.5 Å². The van der Waals surface area contributed by atoms with Gasteiger partial charge in [-0.3, -0.25) is 4.79 Å². The Kier molecular flexibility index (Phi) is 5.16. The van der Waals surface area contributed by atoms with Gasteiger partial charge in [0.2, 0.25) is 0 Å². The quantitative estimate of drug-likeness (QED) is 0.517. The Labute approximate surface area is 164 Å². The van der Waals surface area contributed by atoms with Gasteiger partial charge in [0.1, 0.15) is 25.0 Å². The standard InChI is InChI=1S/C19H17N5O3S/c1-13-2-7-17(28-13)9-21-19(25)18-8-16(27-23-18)10-26-15-5-3-14(4-6-15)24-12-20-11-22-24/h2-8,11-12H,9-10H2,1H3,(H,21,25). The molecule has 1 aromatic carbocycles. The molecule has 142 valence electrons. The Morgan fingerprint density at radius 1 is 1.25 bits per heavy atom. The maximum Gasteiger partial charge on any atom is 0.273 e. The predicted molar refractivity (Wildman–Crippen MR) is 102 cm³/mol. The number of hydrogen-bond donors (Lipinski definition) is 1. The molecule has 0 bridgehead atoms. The summed E-state index contributed by atoms with van der Waals surface area (Å²) < 4.78 is 12.5. The molecule has 0 unspecified atom stereocenters. The maximum atomic E-state index is 12.2. The predicted octanol–water partition coefficient (Wildman–Crippen LogP) is 3.13. The van der Waals surface area contributed by atoms with Gasteiger partial charge in [0.25, 0.3) is 5.91 Å². The van der Waals surface area contributed by atoms with Crippen LogP contribution in [0.3, 0.4) is 0 Å². The van der Waals surface area contributed by atoms with E-state index in [2.05, 4.69) is 20.6 Å².